The van der Waals surface area contributed by atoms with Crippen molar-refractivity contribution in [3.8, 4) is 5.75 Å². The summed E-state index contributed by atoms with van der Waals surface area (Å²) in [7, 11) is 0. The van der Waals surface area contributed by atoms with Gasteiger partial charge in [-0.3, -0.25) is 9.69 Å². The molecule has 3 rings (SSSR count). The molecule has 1 amide bonds. The van der Waals surface area contributed by atoms with Gasteiger partial charge in [0.2, 0.25) is 5.82 Å². The Morgan fingerprint density at radius 2 is 1.57 bits per heavy atom. The minimum atomic E-state index is -5.83. The lowest BCUT2D eigenvalue weighted by molar-refractivity contribution is -0.308. The number of amides is 1. The maximum atomic E-state index is 14.4. The Morgan fingerprint density at radius 1 is 1.00 bits per heavy atom. The number of hydrogen-bond acceptors (Lipinski definition) is 5. The topological polar surface area (TPSA) is 79.3 Å². The van der Waals surface area contributed by atoms with Gasteiger partial charge < -0.3 is 19.5 Å². The lowest BCUT2D eigenvalue weighted by Gasteiger charge is -2.35. The number of ether oxygens (including phenoxy) is 2. The smallest absolute Gasteiger partial charge is 0.434 e. The van der Waals surface area contributed by atoms with E-state index in [4.69, 9.17) is 4.74 Å². The number of halogens is 8. The normalized spacial score (nSPS) is 18.5. The zero-order valence-corrected chi connectivity index (χ0v) is 17.9. The average Bonchev–Trinajstić information content (AvgIpc) is 3.54. The SMILES string of the molecule is O=C(OC(C(F)(F)F)C(F)(F)F)N1CCN(Cc2ccc(F)c(F)c2OCC2(C(=O)O)CC2)CC1. The van der Waals surface area contributed by atoms with Gasteiger partial charge in [-0.15, -0.1) is 0 Å². The molecule has 1 aromatic carbocycles. The Morgan fingerprint density at radius 3 is 2.06 bits per heavy atom. The quantitative estimate of drug-likeness (QED) is 0.549. The molecule has 1 aliphatic heterocycles. The van der Waals surface area contributed by atoms with Crippen molar-refractivity contribution in [2.24, 2.45) is 5.41 Å². The number of aliphatic carboxylic acids is 1. The van der Waals surface area contributed by atoms with E-state index in [9.17, 15) is 49.8 Å². The van der Waals surface area contributed by atoms with Gasteiger partial charge in [0.1, 0.15) is 12.0 Å². The lowest BCUT2D eigenvalue weighted by Crippen LogP contribution is -2.52. The first kappa shape index (κ1) is 26.8. The molecule has 1 aliphatic carbocycles. The Labute approximate surface area is 193 Å². The molecule has 0 atom stereocenters. The predicted octanol–water partition coefficient (Wildman–Crippen LogP) is 3.96. The van der Waals surface area contributed by atoms with Crippen molar-refractivity contribution in [2.75, 3.05) is 32.8 Å². The third-order valence-electron chi connectivity index (χ3n) is 5.77. The van der Waals surface area contributed by atoms with Gasteiger partial charge in [-0.1, -0.05) is 6.07 Å². The maximum Gasteiger partial charge on any atom is 0.434 e. The zero-order valence-electron chi connectivity index (χ0n) is 17.9. The summed E-state index contributed by atoms with van der Waals surface area (Å²) in [4.78, 5) is 25.4. The molecule has 2 fully saturated rings. The third-order valence-corrected chi connectivity index (χ3v) is 5.77. The lowest BCUT2D eigenvalue weighted by atomic mass is 10.1. The molecular formula is C20H20F8N2O5. The molecule has 15 heteroatoms. The fraction of sp³-hybridized carbons (Fsp3) is 0.600. The number of nitrogens with zero attached hydrogens (tertiary/aromatic N) is 2. The number of benzene rings is 1. The van der Waals surface area contributed by atoms with E-state index >= 15 is 0 Å². The molecular weight excluding hydrogens is 500 g/mol. The summed E-state index contributed by atoms with van der Waals surface area (Å²) >= 11 is 0. The Balaban J connectivity index is 1.61. The van der Waals surface area contributed by atoms with E-state index in [1.165, 1.54) is 6.07 Å². The van der Waals surface area contributed by atoms with Crippen molar-refractivity contribution in [3.63, 3.8) is 0 Å². The van der Waals surface area contributed by atoms with Crippen LogP contribution in [0, 0.1) is 17.0 Å². The van der Waals surface area contributed by atoms with Crippen LogP contribution in [0.15, 0.2) is 12.1 Å². The Hall–Kier alpha value is -2.84. The van der Waals surface area contributed by atoms with Crippen LogP contribution in [0.2, 0.25) is 0 Å². The molecule has 1 heterocycles. The molecule has 0 bridgehead atoms. The first-order chi connectivity index (χ1) is 16.1. The van der Waals surface area contributed by atoms with Crippen molar-refractivity contribution >= 4 is 12.1 Å². The summed E-state index contributed by atoms with van der Waals surface area (Å²) in [6.07, 6.45) is -17.1. The van der Waals surface area contributed by atoms with E-state index in [0.717, 1.165) is 6.07 Å². The standard InChI is InChI=1S/C20H20F8N2O5/c21-12-2-1-11(14(13(12)22)34-10-18(3-4-18)16(31)32)9-29-5-7-30(8-6-29)17(33)35-15(19(23,24)25)20(26,27)28/h1-2,15H,3-10H2,(H,31,32). The fourth-order valence-electron chi connectivity index (χ4n) is 3.46. The molecule has 0 unspecified atom stereocenters. The number of piperazine rings is 1. The molecule has 1 aromatic rings. The van der Waals surface area contributed by atoms with E-state index < -0.39 is 53.3 Å². The first-order valence-corrected chi connectivity index (χ1v) is 10.3. The minimum absolute atomic E-state index is 0.0324. The highest BCUT2D eigenvalue weighted by atomic mass is 19.4. The van der Waals surface area contributed by atoms with E-state index in [2.05, 4.69) is 4.74 Å². The van der Waals surface area contributed by atoms with E-state index in [1.807, 2.05) is 0 Å². The van der Waals surface area contributed by atoms with Crippen molar-refractivity contribution in [3.05, 3.63) is 29.3 Å². The van der Waals surface area contributed by atoms with Crippen molar-refractivity contribution in [1.82, 2.24) is 9.80 Å². The number of alkyl halides is 6. The summed E-state index contributed by atoms with van der Waals surface area (Å²) in [6.45, 7) is -1.09. The minimum Gasteiger partial charge on any atom is -0.489 e. The van der Waals surface area contributed by atoms with E-state index in [1.54, 1.807) is 4.90 Å². The Kier molecular flexibility index (Phi) is 7.39. The van der Waals surface area contributed by atoms with Crippen LogP contribution in [0.25, 0.3) is 0 Å². The number of hydrogen-bond donors (Lipinski definition) is 1. The molecule has 7 nitrogen and oxygen atoms in total. The first-order valence-electron chi connectivity index (χ1n) is 10.3. The zero-order chi connectivity index (χ0) is 26.2. The van der Waals surface area contributed by atoms with Crippen LogP contribution in [0.4, 0.5) is 39.9 Å². The number of carbonyl (C=O) groups is 2. The van der Waals surface area contributed by atoms with Gasteiger partial charge >= 0.3 is 24.4 Å². The molecule has 35 heavy (non-hydrogen) atoms. The summed E-state index contributed by atoms with van der Waals surface area (Å²) in [5.74, 6) is -4.16. The molecule has 0 radical (unpaired) electrons. The highest BCUT2D eigenvalue weighted by Gasteiger charge is 2.60. The predicted molar refractivity (Wildman–Crippen MR) is 100 cm³/mol. The largest absolute Gasteiger partial charge is 0.489 e. The van der Waals surface area contributed by atoms with Gasteiger partial charge in [-0.05, 0) is 18.9 Å². The van der Waals surface area contributed by atoms with Crippen LogP contribution in [0.5, 0.6) is 5.75 Å². The summed E-state index contributed by atoms with van der Waals surface area (Å²) < 4.78 is 113. The molecule has 1 saturated heterocycles. The molecule has 0 spiro atoms. The van der Waals surface area contributed by atoms with Gasteiger partial charge in [-0.25, -0.2) is 9.18 Å². The van der Waals surface area contributed by atoms with Crippen LogP contribution >= 0.6 is 0 Å². The van der Waals surface area contributed by atoms with Crippen molar-refractivity contribution in [1.29, 1.82) is 0 Å². The molecule has 1 saturated carbocycles. The highest BCUT2D eigenvalue weighted by molar-refractivity contribution is 5.78. The van der Waals surface area contributed by atoms with Gasteiger partial charge in [-0.2, -0.15) is 30.7 Å². The monoisotopic (exact) mass is 520 g/mol. The van der Waals surface area contributed by atoms with E-state index in [-0.39, 0.29) is 44.9 Å². The van der Waals surface area contributed by atoms with Gasteiger partial charge in [0.15, 0.2) is 11.6 Å². The molecule has 0 aromatic heterocycles. The molecule has 2 aliphatic rings. The van der Waals surface area contributed by atoms with Crippen LogP contribution in [0.3, 0.4) is 0 Å². The van der Waals surface area contributed by atoms with Crippen molar-refractivity contribution < 1.29 is 59.3 Å². The summed E-state index contributed by atoms with van der Waals surface area (Å²) in [5.41, 5.74) is -1.03. The van der Waals surface area contributed by atoms with Crippen LogP contribution < -0.4 is 4.74 Å². The maximum absolute atomic E-state index is 14.4. The summed E-state index contributed by atoms with van der Waals surface area (Å²) in [6, 6.07) is 2.05. The Bertz CT molecular complexity index is 942. The molecule has 196 valence electrons. The number of carboxylic acids is 1. The second kappa shape index (κ2) is 9.66. The fourth-order valence-corrected chi connectivity index (χ4v) is 3.46. The van der Waals surface area contributed by atoms with Gasteiger partial charge in [0.05, 0.1) is 0 Å². The average molecular weight is 520 g/mol. The second-order valence-corrected chi connectivity index (χ2v) is 8.33. The third kappa shape index (κ3) is 6.24. The number of carbonyl (C=O) groups excluding carboxylic acids is 1. The van der Waals surface area contributed by atoms with Crippen LogP contribution in [-0.4, -0.2) is 78.2 Å². The highest BCUT2D eigenvalue weighted by Crippen LogP contribution is 2.46. The molecule has 1 N–H and O–H groups in total. The van der Waals surface area contributed by atoms with Gasteiger partial charge in [0.25, 0.3) is 6.10 Å². The van der Waals surface area contributed by atoms with Gasteiger partial charge in [0, 0.05) is 38.3 Å². The summed E-state index contributed by atoms with van der Waals surface area (Å²) in [5, 5.41) is 9.23. The van der Waals surface area contributed by atoms with Crippen LogP contribution in [-0.2, 0) is 16.1 Å². The number of rotatable bonds is 7. The second-order valence-electron chi connectivity index (χ2n) is 8.33. The van der Waals surface area contributed by atoms with Crippen molar-refractivity contribution in [2.45, 2.75) is 37.8 Å². The van der Waals surface area contributed by atoms with Crippen LogP contribution in [0.1, 0.15) is 18.4 Å². The van der Waals surface area contributed by atoms with E-state index in [0.29, 0.717) is 17.7 Å². The number of carboxylic acid groups (broad SMARTS) is 1.